The first-order valence-electron chi connectivity index (χ1n) is 8.09. The molecule has 20 heavy (non-hydrogen) atoms. The van der Waals surface area contributed by atoms with Crippen molar-refractivity contribution in [2.75, 3.05) is 20.1 Å². The highest BCUT2D eigenvalue weighted by atomic mass is 16.4. The molecule has 120 valence electrons. The summed E-state index contributed by atoms with van der Waals surface area (Å²) in [5.74, 6) is -0.737. The number of unbranched alkanes of at least 4 members (excludes halogenated alkanes) is 1. The molecule has 0 radical (unpaired) electrons. The fraction of sp³-hybridized carbons (Fsp3) is 0.938. The standard InChI is InChI=1S/C16H34N2O2/c1-6-12-17-16(4,15(19)20)11-9-10-13-18(5)14(7-2)8-3/h14,17H,6-13H2,1-5H3,(H,19,20). The lowest BCUT2D eigenvalue weighted by molar-refractivity contribution is -0.144. The van der Waals surface area contributed by atoms with E-state index in [0.29, 0.717) is 12.5 Å². The summed E-state index contributed by atoms with van der Waals surface area (Å²) in [4.78, 5) is 13.8. The smallest absolute Gasteiger partial charge is 0.323 e. The van der Waals surface area contributed by atoms with Gasteiger partial charge in [0, 0.05) is 6.04 Å². The summed E-state index contributed by atoms with van der Waals surface area (Å²) in [5.41, 5.74) is -0.774. The van der Waals surface area contributed by atoms with Gasteiger partial charge in [-0.15, -0.1) is 0 Å². The van der Waals surface area contributed by atoms with Crippen molar-refractivity contribution in [1.29, 1.82) is 0 Å². The van der Waals surface area contributed by atoms with Gasteiger partial charge in [-0.25, -0.2) is 0 Å². The summed E-state index contributed by atoms with van der Waals surface area (Å²) in [6.45, 7) is 10.1. The number of rotatable bonds is 12. The third-order valence-electron chi connectivity index (χ3n) is 4.24. The average Bonchev–Trinajstić information content (AvgIpc) is 2.42. The number of carboxylic acids is 1. The van der Waals surface area contributed by atoms with Crippen molar-refractivity contribution in [2.45, 2.75) is 77.8 Å². The molecule has 0 saturated carbocycles. The number of hydrogen-bond acceptors (Lipinski definition) is 3. The molecule has 0 aromatic heterocycles. The van der Waals surface area contributed by atoms with Crippen LogP contribution in [-0.2, 0) is 4.79 Å². The van der Waals surface area contributed by atoms with Gasteiger partial charge in [0.25, 0.3) is 0 Å². The quantitative estimate of drug-likeness (QED) is 0.541. The van der Waals surface area contributed by atoms with E-state index in [2.05, 4.69) is 38.0 Å². The van der Waals surface area contributed by atoms with Crippen LogP contribution in [-0.4, -0.2) is 47.7 Å². The lowest BCUT2D eigenvalue weighted by Gasteiger charge is -2.28. The topological polar surface area (TPSA) is 52.6 Å². The monoisotopic (exact) mass is 286 g/mol. The number of carboxylic acid groups (broad SMARTS) is 1. The molecule has 0 bridgehead atoms. The molecule has 0 aliphatic heterocycles. The lowest BCUT2D eigenvalue weighted by atomic mass is 9.94. The van der Waals surface area contributed by atoms with Crippen LogP contribution in [0.25, 0.3) is 0 Å². The minimum Gasteiger partial charge on any atom is -0.480 e. The molecule has 0 fully saturated rings. The fourth-order valence-corrected chi connectivity index (χ4v) is 2.61. The van der Waals surface area contributed by atoms with Crippen LogP contribution in [0.15, 0.2) is 0 Å². The maximum Gasteiger partial charge on any atom is 0.323 e. The van der Waals surface area contributed by atoms with Gasteiger partial charge in [0.2, 0.25) is 0 Å². The van der Waals surface area contributed by atoms with Crippen molar-refractivity contribution < 1.29 is 9.90 Å². The van der Waals surface area contributed by atoms with Crippen LogP contribution in [0.3, 0.4) is 0 Å². The fourth-order valence-electron chi connectivity index (χ4n) is 2.61. The number of carbonyl (C=O) groups is 1. The van der Waals surface area contributed by atoms with Crippen LogP contribution in [0, 0.1) is 0 Å². The van der Waals surface area contributed by atoms with E-state index in [1.165, 1.54) is 12.8 Å². The molecule has 0 spiro atoms. The molecule has 0 heterocycles. The van der Waals surface area contributed by atoms with Gasteiger partial charge < -0.3 is 15.3 Å². The second-order valence-corrected chi connectivity index (χ2v) is 5.97. The van der Waals surface area contributed by atoms with Crippen LogP contribution in [0.5, 0.6) is 0 Å². The molecule has 0 rings (SSSR count). The van der Waals surface area contributed by atoms with E-state index in [-0.39, 0.29) is 0 Å². The highest BCUT2D eigenvalue weighted by Gasteiger charge is 2.31. The Morgan fingerprint density at radius 1 is 1.25 bits per heavy atom. The van der Waals surface area contributed by atoms with Gasteiger partial charge in [0.05, 0.1) is 0 Å². The Balaban J connectivity index is 4.09. The van der Waals surface area contributed by atoms with E-state index < -0.39 is 11.5 Å². The number of aliphatic carboxylic acids is 1. The van der Waals surface area contributed by atoms with Gasteiger partial charge in [-0.2, -0.15) is 0 Å². The zero-order valence-electron chi connectivity index (χ0n) is 14.0. The van der Waals surface area contributed by atoms with E-state index in [4.69, 9.17) is 0 Å². The summed E-state index contributed by atoms with van der Waals surface area (Å²) in [6, 6.07) is 0.652. The van der Waals surface area contributed by atoms with Crippen molar-refractivity contribution in [3.05, 3.63) is 0 Å². The van der Waals surface area contributed by atoms with Gasteiger partial charge in [-0.1, -0.05) is 20.8 Å². The summed E-state index contributed by atoms with van der Waals surface area (Å²) >= 11 is 0. The molecule has 0 amide bonds. The first kappa shape index (κ1) is 19.4. The predicted octanol–water partition coefficient (Wildman–Crippen LogP) is 3.12. The average molecular weight is 286 g/mol. The van der Waals surface area contributed by atoms with Gasteiger partial charge in [-0.05, 0) is 65.6 Å². The SMILES string of the molecule is CCCNC(C)(CCCCN(C)C(CC)CC)C(=O)O. The van der Waals surface area contributed by atoms with Crippen LogP contribution < -0.4 is 5.32 Å². The largest absolute Gasteiger partial charge is 0.480 e. The Bertz CT molecular complexity index is 267. The van der Waals surface area contributed by atoms with Crippen molar-refractivity contribution in [3.8, 4) is 0 Å². The Labute approximate surface area is 124 Å². The first-order valence-corrected chi connectivity index (χ1v) is 8.09. The molecule has 4 heteroatoms. The van der Waals surface area contributed by atoms with E-state index in [9.17, 15) is 9.90 Å². The Morgan fingerprint density at radius 3 is 2.30 bits per heavy atom. The van der Waals surface area contributed by atoms with Crippen LogP contribution in [0.2, 0.25) is 0 Å². The molecule has 1 atom stereocenters. The Hall–Kier alpha value is -0.610. The Morgan fingerprint density at radius 2 is 1.85 bits per heavy atom. The molecule has 0 saturated heterocycles. The van der Waals surface area contributed by atoms with Crippen LogP contribution in [0.4, 0.5) is 0 Å². The van der Waals surface area contributed by atoms with Gasteiger partial charge in [-0.3, -0.25) is 4.79 Å². The number of hydrogen-bond donors (Lipinski definition) is 2. The molecular weight excluding hydrogens is 252 g/mol. The summed E-state index contributed by atoms with van der Waals surface area (Å²) in [7, 11) is 2.17. The van der Waals surface area contributed by atoms with E-state index in [0.717, 1.165) is 32.4 Å². The van der Waals surface area contributed by atoms with Gasteiger partial charge >= 0.3 is 5.97 Å². The third-order valence-corrected chi connectivity index (χ3v) is 4.24. The van der Waals surface area contributed by atoms with E-state index >= 15 is 0 Å². The minimum absolute atomic E-state index is 0.652. The second-order valence-electron chi connectivity index (χ2n) is 5.97. The summed E-state index contributed by atoms with van der Waals surface area (Å²) < 4.78 is 0. The van der Waals surface area contributed by atoms with Gasteiger partial charge in [0.1, 0.15) is 5.54 Å². The lowest BCUT2D eigenvalue weighted by Crippen LogP contribution is -2.49. The summed E-state index contributed by atoms with van der Waals surface area (Å²) in [5, 5.41) is 12.5. The molecule has 1 unspecified atom stereocenters. The van der Waals surface area contributed by atoms with Crippen molar-refractivity contribution in [1.82, 2.24) is 10.2 Å². The first-order chi connectivity index (χ1) is 9.41. The van der Waals surface area contributed by atoms with Gasteiger partial charge in [0.15, 0.2) is 0 Å². The molecule has 0 aliphatic rings. The third kappa shape index (κ3) is 6.71. The van der Waals surface area contributed by atoms with E-state index in [1.807, 2.05) is 0 Å². The van der Waals surface area contributed by atoms with Crippen LogP contribution >= 0.6 is 0 Å². The second kappa shape index (κ2) is 10.2. The van der Waals surface area contributed by atoms with Crippen molar-refractivity contribution in [3.63, 3.8) is 0 Å². The van der Waals surface area contributed by atoms with Crippen molar-refractivity contribution in [2.24, 2.45) is 0 Å². The molecule has 2 N–H and O–H groups in total. The normalized spacial score (nSPS) is 14.8. The molecule has 0 aromatic carbocycles. The van der Waals surface area contributed by atoms with E-state index in [1.54, 1.807) is 6.92 Å². The maximum absolute atomic E-state index is 11.4. The zero-order chi connectivity index (χ0) is 15.6. The number of nitrogens with one attached hydrogen (secondary N) is 1. The van der Waals surface area contributed by atoms with Crippen molar-refractivity contribution >= 4 is 5.97 Å². The molecule has 0 aliphatic carbocycles. The summed E-state index contributed by atoms with van der Waals surface area (Å²) in [6.07, 6.45) is 6.02. The minimum atomic E-state index is -0.774. The predicted molar refractivity (Wildman–Crippen MR) is 85.2 cm³/mol. The molecule has 4 nitrogen and oxygen atoms in total. The number of nitrogens with zero attached hydrogens (tertiary/aromatic N) is 1. The van der Waals surface area contributed by atoms with Crippen LogP contribution in [0.1, 0.15) is 66.2 Å². The highest BCUT2D eigenvalue weighted by molar-refractivity contribution is 5.78. The maximum atomic E-state index is 11.4. The molecular formula is C16H34N2O2. The Kier molecular flexibility index (Phi) is 9.86. The molecule has 0 aromatic rings. The zero-order valence-corrected chi connectivity index (χ0v) is 14.0. The highest BCUT2D eigenvalue weighted by Crippen LogP contribution is 2.15.